The van der Waals surface area contributed by atoms with Crippen LogP contribution in [-0.4, -0.2) is 32.7 Å². The second-order valence-corrected chi connectivity index (χ2v) is 5.72. The molecular formula is C13H13ClF2N4OS. The molecule has 118 valence electrons. The predicted octanol–water partition coefficient (Wildman–Crippen LogP) is 2.89. The number of anilines is 1. The van der Waals surface area contributed by atoms with Gasteiger partial charge in [0.1, 0.15) is 0 Å². The van der Waals surface area contributed by atoms with Crippen LogP contribution in [0.1, 0.15) is 12.5 Å². The molecule has 5 nitrogen and oxygen atoms in total. The van der Waals surface area contributed by atoms with Crippen LogP contribution in [0.25, 0.3) is 0 Å². The second kappa shape index (κ2) is 7.66. The minimum absolute atomic E-state index is 0.0233. The zero-order valence-corrected chi connectivity index (χ0v) is 13.1. The maximum Gasteiger partial charge on any atom is 0.228 e. The number of hydrogen-bond donors (Lipinski definition) is 2. The molecule has 9 heteroatoms. The number of rotatable bonds is 6. The second-order valence-electron chi connectivity index (χ2n) is 4.44. The summed E-state index contributed by atoms with van der Waals surface area (Å²) in [5.41, 5.74) is 0.208. The lowest BCUT2D eigenvalue weighted by molar-refractivity contribution is 0.281. The monoisotopic (exact) mass is 346 g/mol. The van der Waals surface area contributed by atoms with Crippen molar-refractivity contribution in [3.05, 3.63) is 40.7 Å². The molecule has 0 saturated heterocycles. The summed E-state index contributed by atoms with van der Waals surface area (Å²) in [6, 6.07) is 3.73. The van der Waals surface area contributed by atoms with E-state index >= 15 is 0 Å². The van der Waals surface area contributed by atoms with Crippen molar-refractivity contribution in [1.29, 1.82) is 0 Å². The smallest absolute Gasteiger partial charge is 0.228 e. The van der Waals surface area contributed by atoms with E-state index in [1.54, 1.807) is 6.92 Å². The highest BCUT2D eigenvalue weighted by atomic mass is 35.5. The molecule has 1 aromatic heterocycles. The average molecular weight is 347 g/mol. The highest BCUT2D eigenvalue weighted by Gasteiger charge is 2.11. The van der Waals surface area contributed by atoms with Gasteiger partial charge in [0.05, 0.1) is 6.61 Å². The third kappa shape index (κ3) is 4.49. The number of aliphatic hydroxyl groups excluding tert-OH is 1. The molecule has 0 aliphatic rings. The summed E-state index contributed by atoms with van der Waals surface area (Å²) in [6.45, 7) is 1.65. The Morgan fingerprint density at radius 3 is 2.82 bits per heavy atom. The molecule has 2 aromatic rings. The molecule has 22 heavy (non-hydrogen) atoms. The lowest BCUT2D eigenvalue weighted by Crippen LogP contribution is -2.21. The van der Waals surface area contributed by atoms with Crippen molar-refractivity contribution in [1.82, 2.24) is 15.0 Å². The first kappa shape index (κ1) is 16.9. The topological polar surface area (TPSA) is 70.9 Å². The van der Waals surface area contributed by atoms with Crippen molar-refractivity contribution in [2.45, 2.75) is 23.9 Å². The van der Waals surface area contributed by atoms with Crippen LogP contribution in [-0.2, 0) is 5.75 Å². The molecule has 0 saturated carbocycles. The Kier molecular flexibility index (Phi) is 5.87. The van der Waals surface area contributed by atoms with Crippen molar-refractivity contribution in [2.24, 2.45) is 0 Å². The Balaban J connectivity index is 2.11. The molecule has 0 spiro atoms. The van der Waals surface area contributed by atoms with Gasteiger partial charge in [-0.05, 0) is 24.6 Å². The number of aromatic nitrogens is 3. The first-order valence-corrected chi connectivity index (χ1v) is 7.70. The number of hydrogen-bond acceptors (Lipinski definition) is 6. The fraction of sp³-hybridized carbons (Fsp3) is 0.308. The first-order valence-electron chi connectivity index (χ1n) is 6.34. The van der Waals surface area contributed by atoms with Gasteiger partial charge in [-0.3, -0.25) is 0 Å². The molecule has 0 bridgehead atoms. The van der Waals surface area contributed by atoms with Crippen molar-refractivity contribution >= 4 is 29.3 Å². The normalized spacial score (nSPS) is 12.2. The van der Waals surface area contributed by atoms with E-state index in [4.69, 9.17) is 16.7 Å². The molecule has 0 amide bonds. The van der Waals surface area contributed by atoms with Gasteiger partial charge in [0.2, 0.25) is 11.2 Å². The fourth-order valence-electron chi connectivity index (χ4n) is 1.53. The van der Waals surface area contributed by atoms with Crippen molar-refractivity contribution < 1.29 is 13.9 Å². The minimum atomic E-state index is -0.897. The van der Waals surface area contributed by atoms with Crippen molar-refractivity contribution in [3.8, 4) is 0 Å². The molecular weight excluding hydrogens is 334 g/mol. The maximum atomic E-state index is 13.6. The van der Waals surface area contributed by atoms with Gasteiger partial charge in [-0.1, -0.05) is 23.9 Å². The Morgan fingerprint density at radius 2 is 2.09 bits per heavy atom. The van der Waals surface area contributed by atoms with Gasteiger partial charge in [-0.25, -0.2) is 8.78 Å². The van der Waals surface area contributed by atoms with Crippen LogP contribution in [0.2, 0.25) is 5.28 Å². The van der Waals surface area contributed by atoms with E-state index in [-0.39, 0.29) is 40.4 Å². The number of thioether (sulfide) groups is 1. The molecule has 1 heterocycles. The average Bonchev–Trinajstić information content (AvgIpc) is 2.48. The third-order valence-corrected chi connectivity index (χ3v) is 3.69. The fourth-order valence-corrected chi connectivity index (χ4v) is 2.55. The van der Waals surface area contributed by atoms with Crippen LogP contribution in [0.4, 0.5) is 14.7 Å². The van der Waals surface area contributed by atoms with Gasteiger partial charge in [0.25, 0.3) is 0 Å². The standard InChI is InChI=1S/C13H13ClF2N4OS/c1-7(5-21)17-12-18-11(14)19-13(20-12)22-6-8-3-2-4-9(15)10(8)16/h2-4,7,21H,5-6H2,1H3,(H,17,18,19,20). The Bertz CT molecular complexity index is 662. The number of halogens is 3. The number of aliphatic hydroxyl groups is 1. The lowest BCUT2D eigenvalue weighted by atomic mass is 10.2. The molecule has 0 radical (unpaired) electrons. The van der Waals surface area contributed by atoms with E-state index in [1.807, 2.05) is 0 Å². The van der Waals surface area contributed by atoms with Gasteiger partial charge in [0, 0.05) is 17.4 Å². The Labute approximate surface area is 135 Å². The van der Waals surface area contributed by atoms with E-state index < -0.39 is 11.6 Å². The molecule has 0 aliphatic heterocycles. The Morgan fingerprint density at radius 1 is 1.32 bits per heavy atom. The molecule has 0 aliphatic carbocycles. The van der Waals surface area contributed by atoms with Crippen LogP contribution in [0, 0.1) is 11.6 Å². The minimum Gasteiger partial charge on any atom is -0.394 e. The Hall–Kier alpha value is -1.51. The first-order chi connectivity index (χ1) is 10.5. The van der Waals surface area contributed by atoms with Gasteiger partial charge < -0.3 is 10.4 Å². The molecule has 2 N–H and O–H groups in total. The summed E-state index contributed by atoms with van der Waals surface area (Å²) in [5, 5.41) is 12.1. The molecule has 1 aromatic carbocycles. The SMILES string of the molecule is CC(CO)Nc1nc(Cl)nc(SCc2cccc(F)c2F)n1. The summed E-state index contributed by atoms with van der Waals surface area (Å²) < 4.78 is 26.7. The molecule has 0 fully saturated rings. The highest BCUT2D eigenvalue weighted by molar-refractivity contribution is 7.98. The van der Waals surface area contributed by atoms with Crippen LogP contribution in [0.15, 0.2) is 23.4 Å². The van der Waals surface area contributed by atoms with Crippen LogP contribution in [0.3, 0.4) is 0 Å². The van der Waals surface area contributed by atoms with Gasteiger partial charge in [-0.15, -0.1) is 0 Å². The summed E-state index contributed by atoms with van der Waals surface area (Å²) in [6.07, 6.45) is 0. The van der Waals surface area contributed by atoms with E-state index in [0.29, 0.717) is 0 Å². The number of nitrogens with one attached hydrogen (secondary N) is 1. The van der Waals surface area contributed by atoms with Crippen LogP contribution in [0.5, 0.6) is 0 Å². The summed E-state index contributed by atoms with van der Waals surface area (Å²) in [4.78, 5) is 11.9. The predicted molar refractivity (Wildman–Crippen MR) is 80.9 cm³/mol. The van der Waals surface area contributed by atoms with Crippen LogP contribution < -0.4 is 5.32 Å². The van der Waals surface area contributed by atoms with Crippen molar-refractivity contribution in [3.63, 3.8) is 0 Å². The largest absolute Gasteiger partial charge is 0.394 e. The van der Waals surface area contributed by atoms with E-state index in [0.717, 1.165) is 17.8 Å². The molecule has 2 rings (SSSR count). The number of benzene rings is 1. The van der Waals surface area contributed by atoms with E-state index in [9.17, 15) is 8.78 Å². The summed E-state index contributed by atoms with van der Waals surface area (Å²) in [5.74, 6) is -1.42. The lowest BCUT2D eigenvalue weighted by Gasteiger charge is -2.11. The summed E-state index contributed by atoms with van der Waals surface area (Å²) >= 11 is 6.91. The van der Waals surface area contributed by atoms with Gasteiger partial charge >= 0.3 is 0 Å². The zero-order valence-electron chi connectivity index (χ0n) is 11.6. The van der Waals surface area contributed by atoms with Gasteiger partial charge in [0.15, 0.2) is 16.8 Å². The van der Waals surface area contributed by atoms with E-state index in [2.05, 4.69) is 20.3 Å². The summed E-state index contributed by atoms with van der Waals surface area (Å²) in [7, 11) is 0. The molecule has 1 unspecified atom stereocenters. The van der Waals surface area contributed by atoms with Crippen molar-refractivity contribution in [2.75, 3.05) is 11.9 Å². The quantitative estimate of drug-likeness (QED) is 0.784. The zero-order chi connectivity index (χ0) is 16.1. The molecule has 1 atom stereocenters. The number of nitrogens with zero attached hydrogens (tertiary/aromatic N) is 3. The van der Waals surface area contributed by atoms with E-state index in [1.165, 1.54) is 12.1 Å². The van der Waals surface area contributed by atoms with Crippen LogP contribution >= 0.6 is 23.4 Å². The highest BCUT2D eigenvalue weighted by Crippen LogP contribution is 2.23. The van der Waals surface area contributed by atoms with Gasteiger partial charge in [-0.2, -0.15) is 15.0 Å². The maximum absolute atomic E-state index is 13.6. The third-order valence-electron chi connectivity index (χ3n) is 2.63.